The summed E-state index contributed by atoms with van der Waals surface area (Å²) in [6.45, 7) is 0. The van der Waals surface area contributed by atoms with Crippen LogP contribution in [0.3, 0.4) is 0 Å². The molecule has 1 aliphatic rings. The number of fused-ring (bicyclic) bond motifs is 1. The van der Waals surface area contributed by atoms with Crippen LogP contribution in [-0.2, 0) is 0 Å². The van der Waals surface area contributed by atoms with Crippen molar-refractivity contribution in [1.82, 2.24) is 5.01 Å². The molecule has 0 aromatic heterocycles. The number of hydrogen-bond donors (Lipinski definition) is 2. The normalized spacial score (nSPS) is 19.1. The van der Waals surface area contributed by atoms with Crippen molar-refractivity contribution < 1.29 is 24.2 Å². The standard InChI is InChI=1S/C17H14N2O5/c1-24-11-7-8-12-13(9-11)15(21)17(23,14(12)20)19(18)16(22)10-5-3-2-4-6-10/h2-9,23H,18H2,1H3. The minimum Gasteiger partial charge on any atom is -0.497 e. The number of nitrogens with two attached hydrogens (primary N) is 1. The fraction of sp³-hybridized carbons (Fsp3) is 0.118. The Balaban J connectivity index is 2.03. The molecule has 0 bridgehead atoms. The van der Waals surface area contributed by atoms with E-state index in [4.69, 9.17) is 10.6 Å². The number of methoxy groups -OCH3 is 1. The molecule has 7 heteroatoms. The van der Waals surface area contributed by atoms with Crippen LogP contribution in [0.15, 0.2) is 48.5 Å². The Hall–Kier alpha value is -3.03. The van der Waals surface area contributed by atoms with Crippen LogP contribution in [0.25, 0.3) is 0 Å². The minimum absolute atomic E-state index is 0.0142. The van der Waals surface area contributed by atoms with E-state index in [9.17, 15) is 19.5 Å². The van der Waals surface area contributed by atoms with Crippen LogP contribution >= 0.6 is 0 Å². The van der Waals surface area contributed by atoms with Gasteiger partial charge >= 0.3 is 0 Å². The molecule has 0 heterocycles. The molecule has 122 valence electrons. The number of hydrazine groups is 1. The molecule has 24 heavy (non-hydrogen) atoms. The SMILES string of the molecule is COc1ccc2c(c1)C(=O)C(O)(N(N)C(=O)c1ccccc1)C2=O. The molecule has 0 saturated carbocycles. The van der Waals surface area contributed by atoms with Crippen LogP contribution in [-0.4, -0.2) is 40.4 Å². The van der Waals surface area contributed by atoms with Crippen LogP contribution < -0.4 is 10.6 Å². The van der Waals surface area contributed by atoms with Crippen molar-refractivity contribution in [3.05, 3.63) is 65.2 Å². The second kappa shape index (κ2) is 5.55. The lowest BCUT2D eigenvalue weighted by molar-refractivity contribution is -0.0389. The van der Waals surface area contributed by atoms with E-state index in [1.807, 2.05) is 0 Å². The van der Waals surface area contributed by atoms with Gasteiger partial charge < -0.3 is 9.84 Å². The maximum atomic E-state index is 12.6. The Morgan fingerprint density at radius 2 is 1.71 bits per heavy atom. The number of aliphatic hydroxyl groups is 1. The van der Waals surface area contributed by atoms with E-state index in [0.717, 1.165) is 0 Å². The minimum atomic E-state index is -2.78. The summed E-state index contributed by atoms with van der Waals surface area (Å²) < 4.78 is 5.01. The molecule has 3 N–H and O–H groups in total. The Bertz CT molecular complexity index is 849. The van der Waals surface area contributed by atoms with E-state index in [1.54, 1.807) is 18.2 Å². The molecule has 0 radical (unpaired) electrons. The van der Waals surface area contributed by atoms with Crippen molar-refractivity contribution in [2.24, 2.45) is 5.84 Å². The first-order valence-corrected chi connectivity index (χ1v) is 7.05. The molecule has 1 aliphatic carbocycles. The van der Waals surface area contributed by atoms with Crippen molar-refractivity contribution in [2.45, 2.75) is 5.72 Å². The third-order valence-corrected chi connectivity index (χ3v) is 3.94. The zero-order valence-electron chi connectivity index (χ0n) is 12.7. The summed E-state index contributed by atoms with van der Waals surface area (Å²) >= 11 is 0. The summed E-state index contributed by atoms with van der Waals surface area (Å²) in [6.07, 6.45) is 0. The Morgan fingerprint density at radius 1 is 1.08 bits per heavy atom. The quantitative estimate of drug-likeness (QED) is 0.283. The van der Waals surface area contributed by atoms with E-state index in [0.29, 0.717) is 5.75 Å². The van der Waals surface area contributed by atoms with Crippen molar-refractivity contribution in [2.75, 3.05) is 7.11 Å². The van der Waals surface area contributed by atoms with Gasteiger partial charge in [0.1, 0.15) is 5.75 Å². The molecule has 3 rings (SSSR count). The van der Waals surface area contributed by atoms with Gasteiger partial charge in [-0.25, -0.2) is 10.9 Å². The number of hydrogen-bond acceptors (Lipinski definition) is 6. The molecule has 2 aromatic carbocycles. The highest BCUT2D eigenvalue weighted by Gasteiger charge is 2.57. The predicted molar refractivity (Wildman–Crippen MR) is 83.4 cm³/mol. The highest BCUT2D eigenvalue weighted by Crippen LogP contribution is 2.34. The van der Waals surface area contributed by atoms with Crippen LogP contribution in [0.2, 0.25) is 0 Å². The van der Waals surface area contributed by atoms with Gasteiger partial charge in [-0.1, -0.05) is 18.2 Å². The molecule has 1 unspecified atom stereocenters. The topological polar surface area (TPSA) is 110 Å². The molecular weight excluding hydrogens is 312 g/mol. The molecule has 0 spiro atoms. The molecular formula is C17H14N2O5. The lowest BCUT2D eigenvalue weighted by atomic mass is 10.1. The maximum absolute atomic E-state index is 12.6. The van der Waals surface area contributed by atoms with Gasteiger partial charge in [0.2, 0.25) is 11.6 Å². The lowest BCUT2D eigenvalue weighted by Gasteiger charge is -2.29. The van der Waals surface area contributed by atoms with Crippen LogP contribution in [0, 0.1) is 0 Å². The monoisotopic (exact) mass is 326 g/mol. The van der Waals surface area contributed by atoms with Crippen molar-refractivity contribution in [3.63, 3.8) is 0 Å². The predicted octanol–water partition coefficient (Wildman–Crippen LogP) is 0.779. The van der Waals surface area contributed by atoms with Gasteiger partial charge in [0.05, 0.1) is 7.11 Å². The van der Waals surface area contributed by atoms with Crippen LogP contribution in [0.5, 0.6) is 5.75 Å². The second-order valence-electron chi connectivity index (χ2n) is 5.28. The molecule has 0 aliphatic heterocycles. The number of ether oxygens (including phenoxy) is 1. The zero-order chi connectivity index (χ0) is 17.5. The van der Waals surface area contributed by atoms with E-state index in [-0.39, 0.29) is 21.7 Å². The van der Waals surface area contributed by atoms with Gasteiger partial charge in [0.25, 0.3) is 11.6 Å². The first-order valence-electron chi connectivity index (χ1n) is 7.05. The van der Waals surface area contributed by atoms with Gasteiger partial charge in [-0.3, -0.25) is 14.4 Å². The number of amides is 1. The number of rotatable bonds is 3. The lowest BCUT2D eigenvalue weighted by Crippen LogP contribution is -2.62. The number of carbonyl (C=O) groups excluding carboxylic acids is 3. The summed E-state index contributed by atoms with van der Waals surface area (Å²) in [5.41, 5.74) is -2.69. The van der Waals surface area contributed by atoms with Crippen molar-refractivity contribution in [3.8, 4) is 5.75 Å². The Labute approximate surface area is 137 Å². The van der Waals surface area contributed by atoms with Crippen molar-refractivity contribution >= 4 is 17.5 Å². The van der Waals surface area contributed by atoms with E-state index < -0.39 is 23.2 Å². The molecule has 1 amide bonds. The third-order valence-electron chi connectivity index (χ3n) is 3.94. The van der Waals surface area contributed by atoms with Gasteiger partial charge in [-0.15, -0.1) is 0 Å². The first kappa shape index (κ1) is 15.9. The zero-order valence-corrected chi connectivity index (χ0v) is 12.7. The fourth-order valence-electron chi connectivity index (χ4n) is 2.60. The number of nitrogens with zero attached hydrogens (tertiary/aromatic N) is 1. The van der Waals surface area contributed by atoms with Crippen LogP contribution in [0.1, 0.15) is 31.1 Å². The molecule has 0 saturated heterocycles. The molecule has 0 fully saturated rings. The highest BCUT2D eigenvalue weighted by atomic mass is 16.5. The van der Waals surface area contributed by atoms with Gasteiger partial charge in [-0.05, 0) is 30.3 Å². The Morgan fingerprint density at radius 3 is 2.33 bits per heavy atom. The maximum Gasteiger partial charge on any atom is 0.284 e. The van der Waals surface area contributed by atoms with Gasteiger partial charge in [-0.2, -0.15) is 0 Å². The summed E-state index contributed by atoms with van der Waals surface area (Å²) in [7, 11) is 1.41. The Kier molecular flexibility index (Phi) is 3.67. The second-order valence-corrected chi connectivity index (χ2v) is 5.28. The summed E-state index contributed by atoms with van der Waals surface area (Å²) in [5.74, 6) is 3.27. The summed E-state index contributed by atoms with van der Waals surface area (Å²) in [4.78, 5) is 37.5. The van der Waals surface area contributed by atoms with Crippen LogP contribution in [0.4, 0.5) is 0 Å². The fourth-order valence-corrected chi connectivity index (χ4v) is 2.60. The molecule has 2 aromatic rings. The number of benzene rings is 2. The highest BCUT2D eigenvalue weighted by molar-refractivity contribution is 6.32. The summed E-state index contributed by atoms with van der Waals surface area (Å²) in [5, 5.41) is 10.9. The van der Waals surface area contributed by atoms with E-state index >= 15 is 0 Å². The van der Waals surface area contributed by atoms with E-state index in [2.05, 4.69) is 0 Å². The van der Waals surface area contributed by atoms with Gasteiger partial charge in [0.15, 0.2) is 0 Å². The number of Topliss-reactive ketones (excluding diaryl/α,β-unsaturated/α-hetero) is 2. The number of carbonyl (C=O) groups is 3. The smallest absolute Gasteiger partial charge is 0.284 e. The van der Waals surface area contributed by atoms with E-state index in [1.165, 1.54) is 37.4 Å². The molecule has 7 nitrogen and oxygen atoms in total. The third kappa shape index (κ3) is 2.10. The average molecular weight is 326 g/mol. The largest absolute Gasteiger partial charge is 0.497 e. The first-order chi connectivity index (χ1) is 11.4. The average Bonchev–Trinajstić information content (AvgIpc) is 2.83. The van der Waals surface area contributed by atoms with Crippen molar-refractivity contribution in [1.29, 1.82) is 0 Å². The van der Waals surface area contributed by atoms with Gasteiger partial charge in [0, 0.05) is 16.7 Å². The molecule has 1 atom stereocenters. The summed E-state index contributed by atoms with van der Waals surface area (Å²) in [6, 6.07) is 12.0. The number of ketones is 2.